The second-order valence-corrected chi connectivity index (χ2v) is 3.41. The van der Waals surface area contributed by atoms with Crippen LogP contribution in [0.2, 0.25) is 0 Å². The highest BCUT2D eigenvalue weighted by atomic mass is 16.4. The van der Waals surface area contributed by atoms with Gasteiger partial charge in [-0.15, -0.1) is 0 Å². The number of hydrogen-bond donors (Lipinski definition) is 3. The van der Waals surface area contributed by atoms with Crippen molar-refractivity contribution in [2.24, 2.45) is 0 Å². The largest absolute Gasteiger partial charge is 0.479 e. The van der Waals surface area contributed by atoms with Crippen LogP contribution in [0.4, 0.5) is 0 Å². The molecule has 0 aliphatic carbocycles. The molecule has 1 heterocycles. The van der Waals surface area contributed by atoms with E-state index in [1.165, 1.54) is 0 Å². The molecule has 1 fully saturated rings. The molecule has 1 amide bonds. The van der Waals surface area contributed by atoms with Gasteiger partial charge in [0.2, 0.25) is 5.91 Å². The molecule has 14 heavy (non-hydrogen) atoms. The minimum absolute atomic E-state index is 0.136. The van der Waals surface area contributed by atoms with Gasteiger partial charge in [-0.05, 0) is 12.8 Å². The van der Waals surface area contributed by atoms with Gasteiger partial charge < -0.3 is 20.2 Å². The minimum atomic E-state index is -1.86. The monoisotopic (exact) mass is 203 g/mol. The highest BCUT2D eigenvalue weighted by Gasteiger charge is 2.41. The van der Waals surface area contributed by atoms with Gasteiger partial charge in [0.15, 0.2) is 5.60 Å². The van der Waals surface area contributed by atoms with E-state index in [1.807, 2.05) is 0 Å². The smallest absolute Gasteiger partial charge is 0.337 e. The summed E-state index contributed by atoms with van der Waals surface area (Å²) in [7, 11) is 0. The summed E-state index contributed by atoms with van der Waals surface area (Å²) in [6.07, 6.45) is 0.562. The molecule has 0 aromatic rings. The summed E-state index contributed by atoms with van der Waals surface area (Å²) < 4.78 is 0. The average molecular weight is 203 g/mol. The molecule has 1 aliphatic rings. The predicted octanol–water partition coefficient (Wildman–Crippen LogP) is -1.58. The Bertz CT molecular complexity index is 254. The Morgan fingerprint density at radius 3 is 2.57 bits per heavy atom. The van der Waals surface area contributed by atoms with Crippen LogP contribution < -0.4 is 0 Å². The maximum absolute atomic E-state index is 11.0. The number of aliphatic hydroxyl groups excluding tert-OH is 1. The van der Waals surface area contributed by atoms with Crippen LogP contribution >= 0.6 is 0 Å². The summed E-state index contributed by atoms with van der Waals surface area (Å²) >= 11 is 0. The molecular weight excluding hydrogens is 190 g/mol. The second kappa shape index (κ2) is 3.93. The van der Waals surface area contributed by atoms with E-state index in [0.717, 1.165) is 4.90 Å². The number of nitrogens with zero attached hydrogens (tertiary/aromatic N) is 1. The van der Waals surface area contributed by atoms with Crippen molar-refractivity contribution in [3.8, 4) is 0 Å². The van der Waals surface area contributed by atoms with Crippen LogP contribution in [-0.2, 0) is 9.59 Å². The second-order valence-electron chi connectivity index (χ2n) is 3.41. The molecule has 0 aromatic carbocycles. The molecule has 1 rings (SSSR count). The fourth-order valence-corrected chi connectivity index (χ4v) is 1.52. The fraction of sp³-hybridized carbons (Fsp3) is 0.750. The van der Waals surface area contributed by atoms with E-state index >= 15 is 0 Å². The SMILES string of the molecule is O=C(CO)N1CCCC(O)(C(=O)O)C1. The summed E-state index contributed by atoms with van der Waals surface area (Å²) in [5.74, 6) is -1.88. The standard InChI is InChI=1S/C8H13NO5/c10-4-6(11)9-3-1-2-8(14,5-9)7(12)13/h10,14H,1-5H2,(H,12,13). The van der Waals surface area contributed by atoms with Crippen molar-refractivity contribution in [1.29, 1.82) is 0 Å². The fourth-order valence-electron chi connectivity index (χ4n) is 1.52. The Morgan fingerprint density at radius 1 is 1.43 bits per heavy atom. The van der Waals surface area contributed by atoms with Gasteiger partial charge in [0.1, 0.15) is 6.61 Å². The molecule has 6 heteroatoms. The van der Waals surface area contributed by atoms with Crippen LogP contribution in [-0.4, -0.2) is 57.4 Å². The normalized spacial score (nSPS) is 27.4. The molecule has 0 aromatic heterocycles. The maximum Gasteiger partial charge on any atom is 0.337 e. The zero-order valence-corrected chi connectivity index (χ0v) is 7.64. The first kappa shape index (κ1) is 10.9. The number of likely N-dealkylation sites (tertiary alicyclic amines) is 1. The van der Waals surface area contributed by atoms with Crippen molar-refractivity contribution in [3.05, 3.63) is 0 Å². The number of β-amino-alcohol motifs (C(OH)–C–C–N with tert-alkyl or cyclic N) is 1. The molecule has 1 saturated heterocycles. The van der Waals surface area contributed by atoms with Crippen molar-refractivity contribution in [2.75, 3.05) is 19.7 Å². The summed E-state index contributed by atoms with van der Waals surface area (Å²) in [4.78, 5) is 22.9. The van der Waals surface area contributed by atoms with Gasteiger partial charge in [-0.2, -0.15) is 0 Å². The van der Waals surface area contributed by atoms with E-state index < -0.39 is 24.1 Å². The average Bonchev–Trinajstić information content (AvgIpc) is 2.16. The Hall–Kier alpha value is -1.14. The van der Waals surface area contributed by atoms with E-state index in [-0.39, 0.29) is 13.0 Å². The molecule has 0 radical (unpaired) electrons. The van der Waals surface area contributed by atoms with E-state index in [4.69, 9.17) is 10.2 Å². The van der Waals surface area contributed by atoms with Gasteiger partial charge in [0.25, 0.3) is 0 Å². The van der Waals surface area contributed by atoms with Crippen LogP contribution in [0.5, 0.6) is 0 Å². The highest BCUT2D eigenvalue weighted by molar-refractivity contribution is 5.81. The maximum atomic E-state index is 11.0. The number of piperidine rings is 1. The van der Waals surface area contributed by atoms with Crippen LogP contribution in [0.15, 0.2) is 0 Å². The predicted molar refractivity (Wildman–Crippen MR) is 45.5 cm³/mol. The number of carboxylic acid groups (broad SMARTS) is 1. The van der Waals surface area contributed by atoms with E-state index in [1.54, 1.807) is 0 Å². The van der Waals surface area contributed by atoms with Crippen molar-refractivity contribution < 1.29 is 24.9 Å². The first-order valence-corrected chi connectivity index (χ1v) is 4.34. The Labute approximate surface area is 80.8 Å². The Kier molecular flexibility index (Phi) is 3.07. The third kappa shape index (κ3) is 2.02. The molecule has 1 aliphatic heterocycles. The highest BCUT2D eigenvalue weighted by Crippen LogP contribution is 2.21. The van der Waals surface area contributed by atoms with E-state index in [0.29, 0.717) is 13.0 Å². The zero-order chi connectivity index (χ0) is 10.8. The Morgan fingerprint density at radius 2 is 2.07 bits per heavy atom. The topological polar surface area (TPSA) is 98.1 Å². The molecule has 0 saturated carbocycles. The Balaban J connectivity index is 2.69. The number of carbonyl (C=O) groups excluding carboxylic acids is 1. The molecule has 1 atom stereocenters. The summed E-state index contributed by atoms with van der Waals surface area (Å²) in [6, 6.07) is 0. The number of amides is 1. The molecular formula is C8H13NO5. The van der Waals surface area contributed by atoms with Gasteiger partial charge >= 0.3 is 5.97 Å². The van der Waals surface area contributed by atoms with Crippen molar-refractivity contribution in [2.45, 2.75) is 18.4 Å². The van der Waals surface area contributed by atoms with E-state index in [9.17, 15) is 14.7 Å². The first-order chi connectivity index (χ1) is 6.49. The number of hydrogen-bond acceptors (Lipinski definition) is 4. The summed E-state index contributed by atoms with van der Waals surface area (Å²) in [5.41, 5.74) is -1.86. The molecule has 6 nitrogen and oxygen atoms in total. The van der Waals surface area contributed by atoms with Crippen molar-refractivity contribution >= 4 is 11.9 Å². The number of aliphatic hydroxyl groups is 2. The van der Waals surface area contributed by atoms with Gasteiger partial charge in [-0.25, -0.2) is 4.79 Å². The zero-order valence-electron chi connectivity index (χ0n) is 7.64. The van der Waals surface area contributed by atoms with Crippen molar-refractivity contribution in [1.82, 2.24) is 4.90 Å². The molecule has 3 N–H and O–H groups in total. The molecule has 0 spiro atoms. The van der Waals surface area contributed by atoms with Crippen LogP contribution in [0.25, 0.3) is 0 Å². The van der Waals surface area contributed by atoms with Gasteiger partial charge in [-0.3, -0.25) is 4.79 Å². The minimum Gasteiger partial charge on any atom is -0.479 e. The number of carboxylic acids is 1. The summed E-state index contributed by atoms with van der Waals surface area (Å²) in [6.45, 7) is -0.521. The number of rotatable bonds is 2. The molecule has 80 valence electrons. The van der Waals surface area contributed by atoms with Crippen LogP contribution in [0, 0.1) is 0 Å². The number of aliphatic carboxylic acids is 1. The third-order valence-electron chi connectivity index (χ3n) is 2.36. The molecule has 0 bridgehead atoms. The van der Waals surface area contributed by atoms with Gasteiger partial charge in [0, 0.05) is 6.54 Å². The summed E-state index contributed by atoms with van der Waals surface area (Å²) in [5, 5.41) is 26.9. The van der Waals surface area contributed by atoms with Crippen LogP contribution in [0.1, 0.15) is 12.8 Å². The lowest BCUT2D eigenvalue weighted by Crippen LogP contribution is -2.55. The van der Waals surface area contributed by atoms with Gasteiger partial charge in [0.05, 0.1) is 6.54 Å². The number of carbonyl (C=O) groups is 2. The van der Waals surface area contributed by atoms with Gasteiger partial charge in [-0.1, -0.05) is 0 Å². The van der Waals surface area contributed by atoms with Crippen LogP contribution in [0.3, 0.4) is 0 Å². The lowest BCUT2D eigenvalue weighted by molar-refractivity contribution is -0.167. The molecule has 1 unspecified atom stereocenters. The first-order valence-electron chi connectivity index (χ1n) is 4.34. The quantitative estimate of drug-likeness (QED) is 0.503. The van der Waals surface area contributed by atoms with E-state index in [2.05, 4.69) is 0 Å². The lowest BCUT2D eigenvalue weighted by Gasteiger charge is -2.35. The van der Waals surface area contributed by atoms with Crippen molar-refractivity contribution in [3.63, 3.8) is 0 Å². The lowest BCUT2D eigenvalue weighted by atomic mass is 9.93. The third-order valence-corrected chi connectivity index (χ3v) is 2.36.